The van der Waals surface area contributed by atoms with Gasteiger partial charge in [-0.25, -0.2) is 0 Å². The van der Waals surface area contributed by atoms with Gasteiger partial charge in [-0.3, -0.25) is 4.90 Å². The number of aliphatic hydroxyl groups excluding tert-OH is 1. The highest BCUT2D eigenvalue weighted by Gasteiger charge is 2.32. The average Bonchev–Trinajstić information content (AvgIpc) is 2.37. The largest absolute Gasteiger partial charge is 0.394 e. The van der Waals surface area contributed by atoms with Crippen LogP contribution in [0.1, 0.15) is 25.0 Å². The van der Waals surface area contributed by atoms with Gasteiger partial charge in [0.1, 0.15) is 0 Å². The van der Waals surface area contributed by atoms with Crippen molar-refractivity contribution in [1.29, 1.82) is 0 Å². The van der Waals surface area contributed by atoms with Gasteiger partial charge in [0.05, 0.1) is 18.3 Å². The summed E-state index contributed by atoms with van der Waals surface area (Å²) in [4.78, 5) is 2.33. The fourth-order valence-corrected chi connectivity index (χ4v) is 2.75. The van der Waals surface area contributed by atoms with Crippen LogP contribution in [0.25, 0.3) is 0 Å². The molecule has 1 fully saturated rings. The number of morpholine rings is 1. The van der Waals surface area contributed by atoms with Gasteiger partial charge in [-0.05, 0) is 25.0 Å². The number of hydrogen-bond donors (Lipinski definition) is 2. The molecule has 1 unspecified atom stereocenters. The lowest BCUT2D eigenvalue weighted by molar-refractivity contribution is -0.150. The van der Waals surface area contributed by atoms with Crippen LogP contribution >= 0.6 is 0 Å². The summed E-state index contributed by atoms with van der Waals surface area (Å²) in [5.41, 5.74) is 7.88. The summed E-state index contributed by atoms with van der Waals surface area (Å²) >= 11 is 0. The van der Waals surface area contributed by atoms with Crippen molar-refractivity contribution in [3.05, 3.63) is 35.4 Å². The predicted molar refractivity (Wildman–Crippen MR) is 75.6 cm³/mol. The van der Waals surface area contributed by atoms with E-state index in [2.05, 4.69) is 30.9 Å². The third-order valence-corrected chi connectivity index (χ3v) is 3.39. The zero-order chi connectivity index (χ0) is 13.9. The Labute approximate surface area is 115 Å². The summed E-state index contributed by atoms with van der Waals surface area (Å²) < 4.78 is 5.82. The monoisotopic (exact) mass is 264 g/mol. The molecule has 1 aromatic rings. The number of ether oxygens (including phenoxy) is 1. The topological polar surface area (TPSA) is 58.7 Å². The Morgan fingerprint density at radius 2 is 2.16 bits per heavy atom. The van der Waals surface area contributed by atoms with E-state index in [4.69, 9.17) is 10.5 Å². The van der Waals surface area contributed by atoms with E-state index in [1.54, 1.807) is 0 Å². The molecule has 0 aliphatic carbocycles. The molecular weight excluding hydrogens is 240 g/mol. The minimum absolute atomic E-state index is 0.0722. The van der Waals surface area contributed by atoms with Crippen molar-refractivity contribution in [2.75, 3.05) is 19.7 Å². The molecule has 0 aromatic heterocycles. The van der Waals surface area contributed by atoms with Gasteiger partial charge < -0.3 is 15.6 Å². The standard InChI is InChI=1S/C15H24N2O2/c1-15(2)11-17(9-14(10-18)19-15)8-13-5-3-4-12(6-13)7-16/h3-6,14,18H,7-11,16H2,1-2H3. The molecule has 0 amide bonds. The Hall–Kier alpha value is -0.940. The third-order valence-electron chi connectivity index (χ3n) is 3.39. The summed E-state index contributed by atoms with van der Waals surface area (Å²) in [6.07, 6.45) is -0.0959. The van der Waals surface area contributed by atoms with E-state index in [0.717, 1.165) is 25.2 Å². The smallest absolute Gasteiger partial charge is 0.0940 e. The number of nitrogens with two attached hydrogens (primary N) is 1. The first-order chi connectivity index (χ1) is 9.02. The Balaban J connectivity index is 2.04. The highest BCUT2D eigenvalue weighted by atomic mass is 16.5. The molecular formula is C15H24N2O2. The maximum atomic E-state index is 9.32. The minimum Gasteiger partial charge on any atom is -0.394 e. The summed E-state index contributed by atoms with van der Waals surface area (Å²) in [7, 11) is 0. The summed E-state index contributed by atoms with van der Waals surface area (Å²) in [6, 6.07) is 8.36. The molecule has 19 heavy (non-hydrogen) atoms. The van der Waals surface area contributed by atoms with Gasteiger partial charge in [-0.1, -0.05) is 24.3 Å². The molecule has 1 heterocycles. The van der Waals surface area contributed by atoms with Gasteiger partial charge in [0, 0.05) is 26.2 Å². The molecule has 0 radical (unpaired) electrons. The van der Waals surface area contributed by atoms with Crippen molar-refractivity contribution in [3.63, 3.8) is 0 Å². The Bertz CT molecular complexity index is 420. The molecule has 4 heteroatoms. The first-order valence-corrected chi connectivity index (χ1v) is 6.81. The molecule has 4 nitrogen and oxygen atoms in total. The van der Waals surface area contributed by atoms with Crippen molar-refractivity contribution in [3.8, 4) is 0 Å². The molecule has 0 saturated carbocycles. The van der Waals surface area contributed by atoms with Crippen LogP contribution in [0, 0.1) is 0 Å². The van der Waals surface area contributed by atoms with Crippen LogP contribution in [0.5, 0.6) is 0 Å². The van der Waals surface area contributed by atoms with Gasteiger partial charge in [-0.15, -0.1) is 0 Å². The first-order valence-electron chi connectivity index (χ1n) is 6.81. The van der Waals surface area contributed by atoms with E-state index in [-0.39, 0.29) is 18.3 Å². The van der Waals surface area contributed by atoms with E-state index in [1.807, 2.05) is 12.1 Å². The lowest BCUT2D eigenvalue weighted by Crippen LogP contribution is -2.53. The molecule has 1 atom stereocenters. The van der Waals surface area contributed by atoms with E-state index in [9.17, 15) is 5.11 Å². The quantitative estimate of drug-likeness (QED) is 0.855. The van der Waals surface area contributed by atoms with Crippen molar-refractivity contribution in [1.82, 2.24) is 4.90 Å². The van der Waals surface area contributed by atoms with Crippen molar-refractivity contribution in [2.24, 2.45) is 5.73 Å². The van der Waals surface area contributed by atoms with Crippen molar-refractivity contribution < 1.29 is 9.84 Å². The van der Waals surface area contributed by atoms with Gasteiger partial charge >= 0.3 is 0 Å². The highest BCUT2D eigenvalue weighted by molar-refractivity contribution is 5.23. The lowest BCUT2D eigenvalue weighted by Gasteiger charge is -2.42. The molecule has 1 saturated heterocycles. The van der Waals surface area contributed by atoms with Crippen LogP contribution in [0.15, 0.2) is 24.3 Å². The maximum Gasteiger partial charge on any atom is 0.0940 e. The van der Waals surface area contributed by atoms with Crippen molar-refractivity contribution >= 4 is 0 Å². The van der Waals surface area contributed by atoms with Gasteiger partial charge in [0.2, 0.25) is 0 Å². The fourth-order valence-electron chi connectivity index (χ4n) is 2.75. The number of nitrogens with zero attached hydrogens (tertiary/aromatic N) is 1. The Morgan fingerprint density at radius 3 is 2.84 bits per heavy atom. The third kappa shape index (κ3) is 4.01. The molecule has 1 aliphatic heterocycles. The van der Waals surface area contributed by atoms with Crippen LogP contribution in [0.4, 0.5) is 0 Å². The molecule has 1 aromatic carbocycles. The SMILES string of the molecule is CC1(C)CN(Cc2cccc(CN)c2)CC(CO)O1. The molecule has 2 rings (SSSR count). The summed E-state index contributed by atoms with van der Waals surface area (Å²) in [6.45, 7) is 7.29. The van der Waals surface area contributed by atoms with Gasteiger partial charge in [0.25, 0.3) is 0 Å². The van der Waals surface area contributed by atoms with Gasteiger partial charge in [0.15, 0.2) is 0 Å². The van der Waals surface area contributed by atoms with Crippen LogP contribution in [0.3, 0.4) is 0 Å². The predicted octanol–water partition coefficient (Wildman–Crippen LogP) is 1.12. The van der Waals surface area contributed by atoms with Crippen LogP contribution in [-0.4, -0.2) is 41.4 Å². The van der Waals surface area contributed by atoms with E-state index < -0.39 is 0 Å². The zero-order valence-corrected chi connectivity index (χ0v) is 11.8. The number of rotatable bonds is 4. The molecule has 106 valence electrons. The van der Waals surface area contributed by atoms with Crippen LogP contribution in [-0.2, 0) is 17.8 Å². The summed E-state index contributed by atoms with van der Waals surface area (Å²) in [5.74, 6) is 0. The Kier molecular flexibility index (Phi) is 4.58. The van der Waals surface area contributed by atoms with Crippen LogP contribution in [0.2, 0.25) is 0 Å². The summed E-state index contributed by atoms with van der Waals surface area (Å²) in [5, 5.41) is 9.32. The molecule has 0 spiro atoms. The second kappa shape index (κ2) is 6.01. The number of aliphatic hydroxyl groups is 1. The van der Waals surface area contributed by atoms with Gasteiger partial charge in [-0.2, -0.15) is 0 Å². The second-order valence-electron chi connectivity index (χ2n) is 5.88. The van der Waals surface area contributed by atoms with E-state index in [0.29, 0.717) is 6.54 Å². The minimum atomic E-state index is -0.211. The maximum absolute atomic E-state index is 9.32. The van der Waals surface area contributed by atoms with Crippen LogP contribution < -0.4 is 5.73 Å². The first kappa shape index (κ1) is 14.5. The Morgan fingerprint density at radius 1 is 1.42 bits per heavy atom. The van der Waals surface area contributed by atoms with Crippen molar-refractivity contribution in [2.45, 2.75) is 38.6 Å². The fraction of sp³-hybridized carbons (Fsp3) is 0.600. The lowest BCUT2D eigenvalue weighted by atomic mass is 10.0. The molecule has 3 N–H and O–H groups in total. The molecule has 1 aliphatic rings. The molecule has 0 bridgehead atoms. The number of hydrogen-bond acceptors (Lipinski definition) is 4. The number of benzene rings is 1. The second-order valence-corrected chi connectivity index (χ2v) is 5.88. The average molecular weight is 264 g/mol. The normalized spacial score (nSPS) is 23.5. The van der Waals surface area contributed by atoms with E-state index in [1.165, 1.54) is 5.56 Å². The zero-order valence-electron chi connectivity index (χ0n) is 11.8. The highest BCUT2D eigenvalue weighted by Crippen LogP contribution is 2.22. The van der Waals surface area contributed by atoms with E-state index >= 15 is 0 Å².